The van der Waals surface area contributed by atoms with Crippen molar-refractivity contribution in [2.24, 2.45) is 0 Å². The van der Waals surface area contributed by atoms with Crippen molar-refractivity contribution in [2.75, 3.05) is 18.3 Å². The van der Waals surface area contributed by atoms with Gasteiger partial charge in [0.2, 0.25) is 16.8 Å². The van der Waals surface area contributed by atoms with Crippen LogP contribution in [0.25, 0.3) is 22.5 Å². The van der Waals surface area contributed by atoms with E-state index in [0.717, 1.165) is 10.5 Å². The fraction of sp³-hybridized carbons (Fsp3) is 0.318. The average Bonchev–Trinajstić information content (AvgIpc) is 3.50. The number of ether oxygens (including phenoxy) is 2. The zero-order chi connectivity index (χ0) is 24.8. The molecule has 0 unspecified atom stereocenters. The number of hydrogen-bond acceptors (Lipinski definition) is 10. The van der Waals surface area contributed by atoms with Gasteiger partial charge in [-0.25, -0.2) is 28.1 Å². The second kappa shape index (κ2) is 8.73. The zero-order valence-corrected chi connectivity index (χ0v) is 20.9. The van der Waals surface area contributed by atoms with E-state index in [1.165, 1.54) is 18.1 Å². The second-order valence-electron chi connectivity index (χ2n) is 8.93. The number of furan rings is 1. The van der Waals surface area contributed by atoms with E-state index in [9.17, 15) is 8.42 Å². The average molecular weight is 517 g/mol. The number of aromatic nitrogens is 4. The number of rotatable bonds is 7. The van der Waals surface area contributed by atoms with Crippen LogP contribution in [0.2, 0.25) is 0 Å². The predicted octanol–water partition coefficient (Wildman–Crippen LogP) is 3.27. The summed E-state index contributed by atoms with van der Waals surface area (Å²) in [5, 5.41) is 0.504. The van der Waals surface area contributed by atoms with E-state index in [1.54, 1.807) is 37.7 Å². The Labute approximate surface area is 206 Å². The normalized spacial score (nSPS) is 13.6. The Bertz CT molecular complexity index is 1490. The van der Waals surface area contributed by atoms with E-state index in [-0.39, 0.29) is 24.9 Å². The van der Waals surface area contributed by atoms with Crippen LogP contribution in [0.5, 0.6) is 11.5 Å². The highest BCUT2D eigenvalue weighted by molar-refractivity contribution is 7.99. The van der Waals surface area contributed by atoms with Gasteiger partial charge in [-0.3, -0.25) is 0 Å². The van der Waals surface area contributed by atoms with Crippen LogP contribution in [-0.4, -0.2) is 46.0 Å². The maximum Gasteiger partial charge on any atom is 0.231 e. The van der Waals surface area contributed by atoms with Crippen molar-refractivity contribution in [3.05, 3.63) is 36.9 Å². The number of imidazole rings is 1. The smallest absolute Gasteiger partial charge is 0.231 e. The summed E-state index contributed by atoms with van der Waals surface area (Å²) in [5.74, 6) is 1.90. The van der Waals surface area contributed by atoms with Crippen molar-refractivity contribution in [1.29, 1.82) is 0 Å². The summed E-state index contributed by atoms with van der Waals surface area (Å²) in [7, 11) is -3.57. The molecule has 4 aromatic rings. The van der Waals surface area contributed by atoms with Crippen molar-refractivity contribution in [3.8, 4) is 22.8 Å². The van der Waals surface area contributed by atoms with Crippen LogP contribution < -0.4 is 19.9 Å². The summed E-state index contributed by atoms with van der Waals surface area (Å²) < 4.78 is 46.6. The number of fused-ring (bicyclic) bond motifs is 2. The number of aryl methyl sites for hydroxylation is 1. The number of nitrogens with two attached hydrogens (primary N) is 1. The molecule has 0 radical (unpaired) electrons. The first kappa shape index (κ1) is 23.5. The van der Waals surface area contributed by atoms with E-state index in [2.05, 4.69) is 19.7 Å². The topological polar surface area (TPSA) is 147 Å². The van der Waals surface area contributed by atoms with Crippen LogP contribution in [0.15, 0.2) is 51.3 Å². The molecule has 1 aliphatic rings. The Balaban J connectivity index is 1.56. The van der Waals surface area contributed by atoms with E-state index >= 15 is 0 Å². The molecule has 0 bridgehead atoms. The third-order valence-electron chi connectivity index (χ3n) is 5.03. The molecule has 0 fully saturated rings. The van der Waals surface area contributed by atoms with Gasteiger partial charge in [0.05, 0.1) is 12.0 Å². The minimum atomic E-state index is -3.57. The molecule has 3 N–H and O–H groups in total. The predicted molar refractivity (Wildman–Crippen MR) is 131 cm³/mol. The zero-order valence-electron chi connectivity index (χ0n) is 19.3. The molecule has 3 aromatic heterocycles. The van der Waals surface area contributed by atoms with E-state index < -0.39 is 15.6 Å². The van der Waals surface area contributed by atoms with Gasteiger partial charge < -0.3 is 24.2 Å². The highest BCUT2D eigenvalue weighted by Gasteiger charge is 2.25. The lowest BCUT2D eigenvalue weighted by Gasteiger charge is -2.20. The highest BCUT2D eigenvalue weighted by atomic mass is 32.2. The number of sulfonamides is 1. The molecule has 0 atom stereocenters. The van der Waals surface area contributed by atoms with Crippen molar-refractivity contribution >= 4 is 38.8 Å². The summed E-state index contributed by atoms with van der Waals surface area (Å²) in [6.07, 6.45) is 2.92. The highest BCUT2D eigenvalue weighted by Crippen LogP contribution is 2.45. The van der Waals surface area contributed by atoms with Crippen molar-refractivity contribution in [3.63, 3.8) is 0 Å². The fourth-order valence-electron chi connectivity index (χ4n) is 3.67. The fourth-order valence-corrected chi connectivity index (χ4v) is 6.19. The number of nitrogens with one attached hydrogen (secondary N) is 1. The maximum atomic E-state index is 12.7. The Hall–Kier alpha value is -3.29. The molecular formula is C22H24N6O5S2. The third kappa shape index (κ3) is 4.92. The Morgan fingerprint density at radius 1 is 1.20 bits per heavy atom. The number of hydrogen-bond donors (Lipinski definition) is 2. The van der Waals surface area contributed by atoms with Gasteiger partial charge >= 0.3 is 0 Å². The number of nitrogen functional groups attached to an aromatic ring is 1. The number of anilines is 1. The first-order chi connectivity index (χ1) is 16.6. The van der Waals surface area contributed by atoms with E-state index in [0.29, 0.717) is 33.6 Å². The molecule has 5 rings (SSSR count). The lowest BCUT2D eigenvalue weighted by molar-refractivity contribution is 0.174. The van der Waals surface area contributed by atoms with Gasteiger partial charge in [-0.2, -0.15) is 0 Å². The molecule has 0 aliphatic carbocycles. The van der Waals surface area contributed by atoms with Crippen molar-refractivity contribution in [2.45, 2.75) is 42.9 Å². The molecule has 184 valence electrons. The van der Waals surface area contributed by atoms with Crippen LogP contribution in [0.3, 0.4) is 0 Å². The quantitative estimate of drug-likeness (QED) is 0.375. The molecule has 1 aliphatic heterocycles. The van der Waals surface area contributed by atoms with Crippen molar-refractivity contribution < 1.29 is 22.3 Å². The van der Waals surface area contributed by atoms with E-state index in [1.807, 2.05) is 18.2 Å². The summed E-state index contributed by atoms with van der Waals surface area (Å²) in [6, 6.07) is 7.34. The molecule has 0 saturated carbocycles. The summed E-state index contributed by atoms with van der Waals surface area (Å²) in [4.78, 5) is 13.8. The number of benzene rings is 1. The standard InChI is InChI=1S/C22H24N6O5S2/c1-22(2,3)27-35(29,30)8-6-28-20-18(19(23)24-11-25-20)26-21(28)34-17-10-16-15(32-12-33-16)9-13(17)14-5-4-7-31-14/h4-5,7,9-11,27H,6,8,12H2,1-3H3,(H2,23,24,25). The van der Waals surface area contributed by atoms with Gasteiger partial charge in [-0.15, -0.1) is 0 Å². The van der Waals surface area contributed by atoms with Gasteiger partial charge in [-0.1, -0.05) is 11.8 Å². The van der Waals surface area contributed by atoms with Gasteiger partial charge in [0.15, 0.2) is 33.6 Å². The SMILES string of the molecule is CC(C)(C)NS(=O)(=O)CCn1c(Sc2cc3c(cc2-c2ccco2)OCO3)nc2c(N)ncnc21. The molecule has 11 nitrogen and oxygen atoms in total. The molecule has 1 aromatic carbocycles. The monoisotopic (exact) mass is 516 g/mol. The molecule has 0 amide bonds. The van der Waals surface area contributed by atoms with Crippen LogP contribution in [0, 0.1) is 0 Å². The third-order valence-corrected chi connectivity index (χ3v) is 7.73. The molecular weight excluding hydrogens is 492 g/mol. The molecule has 13 heteroatoms. The first-order valence-electron chi connectivity index (χ1n) is 10.7. The van der Waals surface area contributed by atoms with Crippen LogP contribution >= 0.6 is 11.8 Å². The van der Waals surface area contributed by atoms with Crippen molar-refractivity contribution in [1.82, 2.24) is 24.2 Å². The summed E-state index contributed by atoms with van der Waals surface area (Å²) in [6.45, 7) is 5.62. The maximum absolute atomic E-state index is 12.7. The summed E-state index contributed by atoms with van der Waals surface area (Å²) in [5.41, 5.74) is 7.10. The Morgan fingerprint density at radius 2 is 1.97 bits per heavy atom. The lowest BCUT2D eigenvalue weighted by Crippen LogP contribution is -2.42. The van der Waals surface area contributed by atoms with Crippen LogP contribution in [0.4, 0.5) is 5.82 Å². The lowest BCUT2D eigenvalue weighted by atomic mass is 10.1. The Kier molecular flexibility index (Phi) is 5.85. The van der Waals surface area contributed by atoms with Gasteiger partial charge in [0.1, 0.15) is 12.1 Å². The largest absolute Gasteiger partial charge is 0.464 e. The van der Waals surface area contributed by atoms with Gasteiger partial charge in [0, 0.05) is 22.5 Å². The number of nitrogens with zero attached hydrogens (tertiary/aromatic N) is 4. The van der Waals surface area contributed by atoms with Crippen LogP contribution in [-0.2, 0) is 16.6 Å². The molecule has 35 heavy (non-hydrogen) atoms. The van der Waals surface area contributed by atoms with Gasteiger partial charge in [0.25, 0.3) is 0 Å². The minimum absolute atomic E-state index is 0.112. The molecule has 4 heterocycles. The minimum Gasteiger partial charge on any atom is -0.464 e. The molecule has 0 spiro atoms. The van der Waals surface area contributed by atoms with Gasteiger partial charge in [-0.05, 0) is 45.0 Å². The van der Waals surface area contributed by atoms with E-state index in [4.69, 9.17) is 19.6 Å². The first-order valence-corrected chi connectivity index (χ1v) is 13.2. The second-order valence-corrected chi connectivity index (χ2v) is 11.8. The molecule has 0 saturated heterocycles. The summed E-state index contributed by atoms with van der Waals surface area (Å²) >= 11 is 1.32. The Morgan fingerprint density at radius 3 is 2.69 bits per heavy atom. The van der Waals surface area contributed by atoms with Crippen LogP contribution in [0.1, 0.15) is 20.8 Å².